The minimum atomic E-state index is -2.89. The highest BCUT2D eigenvalue weighted by atomic mass is 19.3. The smallest absolute Gasteiger partial charge is 0.311 e. The Balaban J connectivity index is 3.26. The highest BCUT2D eigenvalue weighted by Gasteiger charge is 2.22. The largest absolute Gasteiger partial charge is 0.466 e. The minimum Gasteiger partial charge on any atom is -0.466 e. The van der Waals surface area contributed by atoms with Crippen molar-refractivity contribution in [3.05, 3.63) is 28.6 Å². The number of halogens is 2. The Morgan fingerprint density at radius 3 is 2.79 bits per heavy atom. The zero-order valence-electron chi connectivity index (χ0n) is 10.3. The maximum Gasteiger partial charge on any atom is 0.311 e. The van der Waals surface area contributed by atoms with Gasteiger partial charge < -0.3 is 10.5 Å². The molecule has 0 aliphatic carbocycles. The second kappa shape index (κ2) is 6.75. The summed E-state index contributed by atoms with van der Waals surface area (Å²) in [5.41, 5.74) is 4.75. The molecule has 0 saturated carbocycles. The molecule has 102 valence electrons. The summed E-state index contributed by atoms with van der Waals surface area (Å²) in [7, 11) is 0. The molecule has 0 unspecified atom stereocenters. The lowest BCUT2D eigenvalue weighted by atomic mass is 10.0. The first-order valence-electron chi connectivity index (χ1n) is 5.60. The summed E-state index contributed by atoms with van der Waals surface area (Å²) in [6, 6.07) is 2.87. The van der Waals surface area contributed by atoms with Gasteiger partial charge in [0.2, 0.25) is 0 Å². The predicted molar refractivity (Wildman–Crippen MR) is 62.1 cm³/mol. The van der Waals surface area contributed by atoms with Gasteiger partial charge in [-0.15, -0.1) is 0 Å². The predicted octanol–water partition coefficient (Wildman–Crippen LogP) is 1.46. The van der Waals surface area contributed by atoms with Crippen LogP contribution in [0.2, 0.25) is 0 Å². The number of esters is 1. The van der Waals surface area contributed by atoms with Gasteiger partial charge in [-0.1, -0.05) is 0 Å². The monoisotopic (exact) mass is 269 g/mol. The van der Waals surface area contributed by atoms with Crippen LogP contribution < -0.4 is 5.73 Å². The zero-order valence-corrected chi connectivity index (χ0v) is 10.3. The van der Waals surface area contributed by atoms with E-state index in [4.69, 9.17) is 11.0 Å². The summed E-state index contributed by atoms with van der Waals surface area (Å²) in [6.07, 6.45) is -3.30. The molecule has 0 aromatic carbocycles. The van der Waals surface area contributed by atoms with Crippen LogP contribution in [0.15, 0.2) is 6.07 Å². The van der Waals surface area contributed by atoms with Gasteiger partial charge in [-0.05, 0) is 13.0 Å². The van der Waals surface area contributed by atoms with Crippen molar-refractivity contribution in [3.63, 3.8) is 0 Å². The third kappa shape index (κ3) is 3.69. The Morgan fingerprint density at radius 1 is 1.63 bits per heavy atom. The van der Waals surface area contributed by atoms with Crippen LogP contribution in [-0.2, 0) is 22.5 Å². The standard InChI is InChI=1S/C12H13F2N3O2/c1-2-19-10(18)4-9-11(12(13)14)7(5-15)3-8(6-16)17-9/h3,12H,2,4,6,16H2,1H3. The Bertz CT molecular complexity index is 512. The third-order valence-corrected chi connectivity index (χ3v) is 2.36. The number of ether oxygens (including phenoxy) is 1. The number of nitriles is 1. The second-order valence-corrected chi connectivity index (χ2v) is 3.62. The fraction of sp³-hybridized carbons (Fsp3) is 0.417. The summed E-state index contributed by atoms with van der Waals surface area (Å²) in [6.45, 7) is 1.74. The lowest BCUT2D eigenvalue weighted by Gasteiger charge is -2.11. The number of carbonyl (C=O) groups excluding carboxylic acids is 1. The van der Waals surface area contributed by atoms with Crippen LogP contribution in [0.25, 0.3) is 0 Å². The van der Waals surface area contributed by atoms with Gasteiger partial charge in [-0.2, -0.15) is 5.26 Å². The molecule has 1 aromatic rings. The summed E-state index contributed by atoms with van der Waals surface area (Å²) in [5.74, 6) is -0.671. The quantitative estimate of drug-likeness (QED) is 0.817. The van der Waals surface area contributed by atoms with Crippen molar-refractivity contribution in [1.29, 1.82) is 5.26 Å². The topological polar surface area (TPSA) is 89.0 Å². The molecule has 0 aliphatic heterocycles. The molecule has 1 aromatic heterocycles. The maximum atomic E-state index is 13.0. The number of hydrogen-bond acceptors (Lipinski definition) is 5. The van der Waals surface area contributed by atoms with Crippen molar-refractivity contribution in [2.24, 2.45) is 5.73 Å². The average molecular weight is 269 g/mol. The number of rotatable bonds is 5. The lowest BCUT2D eigenvalue weighted by Crippen LogP contribution is -2.14. The molecule has 0 fully saturated rings. The van der Waals surface area contributed by atoms with E-state index in [9.17, 15) is 13.6 Å². The maximum absolute atomic E-state index is 13.0. The van der Waals surface area contributed by atoms with Crippen molar-refractivity contribution in [2.75, 3.05) is 6.61 Å². The molecule has 0 saturated heterocycles. The zero-order chi connectivity index (χ0) is 14.4. The molecular formula is C12H13F2N3O2. The highest BCUT2D eigenvalue weighted by molar-refractivity contribution is 5.72. The van der Waals surface area contributed by atoms with E-state index in [-0.39, 0.29) is 30.1 Å². The molecule has 0 radical (unpaired) electrons. The van der Waals surface area contributed by atoms with E-state index in [1.807, 2.05) is 0 Å². The number of nitrogens with two attached hydrogens (primary N) is 1. The molecule has 5 nitrogen and oxygen atoms in total. The number of carbonyl (C=O) groups is 1. The SMILES string of the molecule is CCOC(=O)Cc1nc(CN)cc(C#N)c1C(F)F. The number of pyridine rings is 1. The molecule has 0 bridgehead atoms. The lowest BCUT2D eigenvalue weighted by molar-refractivity contribution is -0.142. The van der Waals surface area contributed by atoms with Gasteiger partial charge in [0.15, 0.2) is 0 Å². The van der Waals surface area contributed by atoms with E-state index in [1.54, 1.807) is 13.0 Å². The van der Waals surface area contributed by atoms with Crippen molar-refractivity contribution >= 4 is 5.97 Å². The van der Waals surface area contributed by atoms with Crippen LogP contribution in [-0.4, -0.2) is 17.6 Å². The first-order chi connectivity index (χ1) is 9.03. The van der Waals surface area contributed by atoms with Gasteiger partial charge in [-0.25, -0.2) is 8.78 Å². The molecular weight excluding hydrogens is 256 g/mol. The van der Waals surface area contributed by atoms with Crippen LogP contribution in [0.1, 0.15) is 35.9 Å². The normalized spacial score (nSPS) is 10.3. The number of hydrogen-bond donors (Lipinski definition) is 1. The molecule has 0 atom stereocenters. The Hall–Kier alpha value is -2.07. The van der Waals surface area contributed by atoms with E-state index >= 15 is 0 Å². The molecule has 7 heteroatoms. The third-order valence-electron chi connectivity index (χ3n) is 2.36. The van der Waals surface area contributed by atoms with Crippen molar-refractivity contribution < 1.29 is 18.3 Å². The summed E-state index contributed by atoms with van der Waals surface area (Å²) >= 11 is 0. The first kappa shape index (κ1) is 15.0. The van der Waals surface area contributed by atoms with Crippen LogP contribution >= 0.6 is 0 Å². The molecule has 0 amide bonds. The van der Waals surface area contributed by atoms with Gasteiger partial charge in [0.1, 0.15) is 0 Å². The average Bonchev–Trinajstić information content (AvgIpc) is 2.37. The van der Waals surface area contributed by atoms with Gasteiger partial charge >= 0.3 is 5.97 Å². The van der Waals surface area contributed by atoms with Gasteiger partial charge in [0.25, 0.3) is 6.43 Å². The van der Waals surface area contributed by atoms with Crippen molar-refractivity contribution in [2.45, 2.75) is 26.3 Å². The van der Waals surface area contributed by atoms with E-state index in [1.165, 1.54) is 6.07 Å². The Kier molecular flexibility index (Phi) is 5.33. The van der Waals surface area contributed by atoms with Gasteiger partial charge in [0, 0.05) is 6.54 Å². The number of nitrogens with zero attached hydrogens (tertiary/aromatic N) is 2. The van der Waals surface area contributed by atoms with Crippen molar-refractivity contribution in [1.82, 2.24) is 4.98 Å². The molecule has 2 N–H and O–H groups in total. The van der Waals surface area contributed by atoms with Crippen LogP contribution in [0.3, 0.4) is 0 Å². The van der Waals surface area contributed by atoms with E-state index < -0.39 is 24.4 Å². The van der Waals surface area contributed by atoms with E-state index in [2.05, 4.69) is 9.72 Å². The van der Waals surface area contributed by atoms with Gasteiger partial charge in [0.05, 0.1) is 41.6 Å². The number of aromatic nitrogens is 1. The minimum absolute atomic E-state index is 0.00593. The van der Waals surface area contributed by atoms with Crippen LogP contribution in [0.5, 0.6) is 0 Å². The summed E-state index contributed by atoms with van der Waals surface area (Å²) in [5, 5.41) is 8.88. The second-order valence-electron chi connectivity index (χ2n) is 3.62. The molecule has 1 rings (SSSR count). The fourth-order valence-corrected chi connectivity index (χ4v) is 1.59. The van der Waals surface area contributed by atoms with Crippen LogP contribution in [0, 0.1) is 11.3 Å². The molecule has 1 heterocycles. The summed E-state index contributed by atoms with van der Waals surface area (Å²) in [4.78, 5) is 15.3. The Morgan fingerprint density at radius 2 is 2.32 bits per heavy atom. The van der Waals surface area contributed by atoms with Crippen molar-refractivity contribution in [3.8, 4) is 6.07 Å². The van der Waals surface area contributed by atoms with Gasteiger partial charge in [-0.3, -0.25) is 9.78 Å². The van der Waals surface area contributed by atoms with Crippen LogP contribution in [0.4, 0.5) is 8.78 Å². The molecule has 0 aliphatic rings. The first-order valence-corrected chi connectivity index (χ1v) is 5.60. The molecule has 19 heavy (non-hydrogen) atoms. The highest BCUT2D eigenvalue weighted by Crippen LogP contribution is 2.26. The van der Waals surface area contributed by atoms with E-state index in [0.717, 1.165) is 0 Å². The van der Waals surface area contributed by atoms with E-state index in [0.29, 0.717) is 0 Å². The molecule has 0 spiro atoms. The Labute approximate surface area is 109 Å². The fourth-order valence-electron chi connectivity index (χ4n) is 1.59. The summed E-state index contributed by atoms with van der Waals surface area (Å²) < 4.78 is 30.6. The number of alkyl halides is 2.